The summed E-state index contributed by atoms with van der Waals surface area (Å²) in [6.45, 7) is 5.67. The lowest BCUT2D eigenvalue weighted by atomic mass is 10.0. The highest BCUT2D eigenvalue weighted by molar-refractivity contribution is 5.90. The molecule has 0 atom stereocenters. The molecule has 1 heterocycles. The third kappa shape index (κ3) is 3.08. The molecule has 0 fully saturated rings. The molecule has 1 aromatic heterocycles. The predicted molar refractivity (Wildman–Crippen MR) is 71.4 cm³/mol. The van der Waals surface area contributed by atoms with Crippen LogP contribution in [0, 0.1) is 6.92 Å². The van der Waals surface area contributed by atoms with Crippen LogP contribution in [0.25, 0.3) is 5.57 Å². The van der Waals surface area contributed by atoms with E-state index in [0.717, 1.165) is 11.1 Å². The minimum absolute atomic E-state index is 0.217. The first-order chi connectivity index (χ1) is 8.68. The first-order valence-corrected chi connectivity index (χ1v) is 5.77. The predicted octanol–water partition coefficient (Wildman–Crippen LogP) is 3.38. The van der Waals surface area contributed by atoms with Gasteiger partial charge in [-0.15, -0.1) is 0 Å². The van der Waals surface area contributed by atoms with Crippen molar-refractivity contribution in [1.82, 2.24) is 4.98 Å². The van der Waals surface area contributed by atoms with Gasteiger partial charge in [0, 0.05) is 17.3 Å². The molecule has 0 aromatic carbocycles. The van der Waals surface area contributed by atoms with Crippen LogP contribution < -0.4 is 0 Å². The Hall–Kier alpha value is -2.34. The molecule has 0 saturated heterocycles. The summed E-state index contributed by atoms with van der Waals surface area (Å²) in [7, 11) is 0. The molecule has 0 amide bonds. The van der Waals surface area contributed by atoms with Gasteiger partial charge in [-0.25, -0.2) is 4.79 Å². The third-order valence-electron chi connectivity index (χ3n) is 2.28. The molecule has 1 aromatic rings. The van der Waals surface area contributed by atoms with Gasteiger partial charge in [-0.3, -0.25) is 4.98 Å². The molecule has 1 aliphatic rings. The summed E-state index contributed by atoms with van der Waals surface area (Å²) in [6, 6.07) is 1.60. The smallest absolute Gasteiger partial charge is 0.337 e. The second-order valence-corrected chi connectivity index (χ2v) is 3.37. The van der Waals surface area contributed by atoms with Crippen molar-refractivity contribution in [2.75, 3.05) is 0 Å². The SMILES string of the molecule is CC.Cc1ncc(C2=C=C=CC=C2)cc1C(=O)O. The Morgan fingerprint density at radius 3 is 2.67 bits per heavy atom. The van der Waals surface area contributed by atoms with Crippen LogP contribution in [0.3, 0.4) is 0 Å². The van der Waals surface area contributed by atoms with E-state index in [-0.39, 0.29) is 5.56 Å². The molecule has 0 unspecified atom stereocenters. The van der Waals surface area contributed by atoms with E-state index in [1.54, 1.807) is 25.3 Å². The normalized spacial score (nSPS) is 11.6. The van der Waals surface area contributed by atoms with Gasteiger partial charge in [0.15, 0.2) is 0 Å². The van der Waals surface area contributed by atoms with E-state index in [1.807, 2.05) is 26.0 Å². The van der Waals surface area contributed by atoms with Crippen LogP contribution in [0.1, 0.15) is 35.5 Å². The largest absolute Gasteiger partial charge is 0.478 e. The van der Waals surface area contributed by atoms with Crippen molar-refractivity contribution >= 4 is 11.5 Å². The van der Waals surface area contributed by atoms with Gasteiger partial charge >= 0.3 is 5.97 Å². The van der Waals surface area contributed by atoms with Crippen LogP contribution >= 0.6 is 0 Å². The van der Waals surface area contributed by atoms with Crippen molar-refractivity contribution in [3.63, 3.8) is 0 Å². The lowest BCUT2D eigenvalue weighted by molar-refractivity contribution is 0.0695. The molecule has 0 aliphatic heterocycles. The van der Waals surface area contributed by atoms with E-state index in [1.165, 1.54) is 0 Å². The number of aromatic carboxylic acids is 1. The molecule has 18 heavy (non-hydrogen) atoms. The number of allylic oxidation sites excluding steroid dienone is 4. The second-order valence-electron chi connectivity index (χ2n) is 3.37. The quantitative estimate of drug-likeness (QED) is 0.807. The van der Waals surface area contributed by atoms with E-state index >= 15 is 0 Å². The van der Waals surface area contributed by atoms with E-state index in [2.05, 4.69) is 16.4 Å². The zero-order valence-corrected chi connectivity index (χ0v) is 10.7. The van der Waals surface area contributed by atoms with Crippen molar-refractivity contribution in [1.29, 1.82) is 0 Å². The topological polar surface area (TPSA) is 50.2 Å². The number of aryl methyl sites for hydroxylation is 1. The molecular weight excluding hydrogens is 226 g/mol. The summed E-state index contributed by atoms with van der Waals surface area (Å²) in [6.07, 6.45) is 7.05. The van der Waals surface area contributed by atoms with Crippen molar-refractivity contribution in [3.8, 4) is 0 Å². The monoisotopic (exact) mass is 241 g/mol. The molecule has 0 bridgehead atoms. The summed E-state index contributed by atoms with van der Waals surface area (Å²) in [5.74, 6) is -0.966. The maximum atomic E-state index is 10.9. The van der Waals surface area contributed by atoms with Crippen molar-refractivity contribution in [2.45, 2.75) is 20.8 Å². The van der Waals surface area contributed by atoms with E-state index in [9.17, 15) is 4.79 Å². The number of carbonyl (C=O) groups is 1. The first-order valence-electron chi connectivity index (χ1n) is 5.77. The summed E-state index contributed by atoms with van der Waals surface area (Å²) in [5, 5.41) is 8.98. The Morgan fingerprint density at radius 2 is 2.11 bits per heavy atom. The maximum Gasteiger partial charge on any atom is 0.337 e. The van der Waals surface area contributed by atoms with E-state index in [0.29, 0.717) is 5.69 Å². The lowest BCUT2D eigenvalue weighted by Crippen LogP contribution is -2.02. The third-order valence-corrected chi connectivity index (χ3v) is 2.28. The zero-order valence-electron chi connectivity index (χ0n) is 10.7. The Kier molecular flexibility index (Phi) is 4.89. The number of carboxylic acid groups (broad SMARTS) is 1. The number of rotatable bonds is 2. The first kappa shape index (κ1) is 13.7. The lowest BCUT2D eigenvalue weighted by Gasteiger charge is -2.04. The number of aromatic nitrogens is 1. The minimum atomic E-state index is -0.966. The van der Waals surface area contributed by atoms with Gasteiger partial charge in [0.2, 0.25) is 0 Å². The fourth-order valence-corrected chi connectivity index (χ4v) is 1.42. The number of hydrogen-bond donors (Lipinski definition) is 1. The van der Waals surface area contributed by atoms with Gasteiger partial charge in [0.1, 0.15) is 0 Å². The molecule has 3 nitrogen and oxygen atoms in total. The summed E-state index contributed by atoms with van der Waals surface area (Å²) >= 11 is 0. The molecule has 0 spiro atoms. The molecule has 3 heteroatoms. The summed E-state index contributed by atoms with van der Waals surface area (Å²) in [4.78, 5) is 15.0. The molecule has 0 saturated carbocycles. The number of nitrogens with zero attached hydrogens (tertiary/aromatic N) is 1. The van der Waals surface area contributed by atoms with Crippen LogP contribution in [-0.2, 0) is 0 Å². The van der Waals surface area contributed by atoms with Crippen LogP contribution in [-0.4, -0.2) is 16.1 Å². The highest BCUT2D eigenvalue weighted by Gasteiger charge is 2.10. The average molecular weight is 241 g/mol. The molecule has 2 rings (SSSR count). The highest BCUT2D eigenvalue weighted by Crippen LogP contribution is 2.18. The fraction of sp³-hybridized carbons (Fsp3) is 0.200. The molecule has 92 valence electrons. The van der Waals surface area contributed by atoms with Gasteiger partial charge in [0.05, 0.1) is 11.3 Å². The highest BCUT2D eigenvalue weighted by atomic mass is 16.4. The summed E-state index contributed by atoms with van der Waals surface area (Å²) < 4.78 is 0. The molecule has 1 N–H and O–H groups in total. The molecule has 1 aliphatic carbocycles. The van der Waals surface area contributed by atoms with Gasteiger partial charge in [-0.1, -0.05) is 31.4 Å². The van der Waals surface area contributed by atoms with Crippen LogP contribution in [0.15, 0.2) is 42.0 Å². The Balaban J connectivity index is 0.000000771. The van der Waals surface area contributed by atoms with Crippen molar-refractivity contribution in [2.24, 2.45) is 0 Å². The van der Waals surface area contributed by atoms with Gasteiger partial charge in [-0.05, 0) is 25.1 Å². The molecule has 0 radical (unpaired) electrons. The fourth-order valence-electron chi connectivity index (χ4n) is 1.42. The maximum absolute atomic E-state index is 10.9. The zero-order chi connectivity index (χ0) is 13.5. The Morgan fingerprint density at radius 1 is 1.39 bits per heavy atom. The van der Waals surface area contributed by atoms with Crippen LogP contribution in [0.5, 0.6) is 0 Å². The second kappa shape index (κ2) is 6.41. The van der Waals surface area contributed by atoms with Gasteiger partial charge in [-0.2, -0.15) is 0 Å². The average Bonchev–Trinajstić information content (AvgIpc) is 2.42. The van der Waals surface area contributed by atoms with Crippen LogP contribution in [0.4, 0.5) is 0 Å². The molecular formula is C15H15NO2. The van der Waals surface area contributed by atoms with Crippen molar-refractivity contribution in [3.05, 3.63) is 58.8 Å². The van der Waals surface area contributed by atoms with Gasteiger partial charge < -0.3 is 5.11 Å². The Labute approximate surface area is 106 Å². The van der Waals surface area contributed by atoms with E-state index < -0.39 is 5.97 Å². The number of hydrogen-bond acceptors (Lipinski definition) is 2. The summed E-state index contributed by atoms with van der Waals surface area (Å²) in [5.41, 5.74) is 7.99. The van der Waals surface area contributed by atoms with Crippen LogP contribution in [0.2, 0.25) is 0 Å². The Bertz CT molecular complexity index is 585. The number of carboxylic acids is 1. The van der Waals surface area contributed by atoms with Crippen molar-refractivity contribution < 1.29 is 9.90 Å². The minimum Gasteiger partial charge on any atom is -0.478 e. The number of pyridine rings is 1. The van der Waals surface area contributed by atoms with Gasteiger partial charge in [0.25, 0.3) is 0 Å². The standard InChI is InChI=1S/C13H9NO2.C2H6/c1-9-12(13(15)16)7-11(8-14-9)10-5-3-2-4-6-10;1-2/h2-3,5,7-8H,1H3,(H,15,16);1-2H3. The van der Waals surface area contributed by atoms with E-state index in [4.69, 9.17) is 5.11 Å².